The van der Waals surface area contributed by atoms with E-state index in [4.69, 9.17) is 10.5 Å². The van der Waals surface area contributed by atoms with Gasteiger partial charge in [0.05, 0.1) is 5.75 Å². The Balaban J connectivity index is 2.79. The van der Waals surface area contributed by atoms with Crippen LogP contribution in [0.2, 0.25) is 0 Å². The molecule has 4 nitrogen and oxygen atoms in total. The van der Waals surface area contributed by atoms with Gasteiger partial charge in [-0.25, -0.2) is 12.8 Å². The number of ether oxygens (including phenoxy) is 1. The standard InChI is InChI=1S/C11H16FNO3S/c1-8(13)10-4-3-9(12)7-11(10)16-5-6-17(2,14)15/h3-4,7-8H,5-6,13H2,1-2H3/t8-/m0/s1. The fraction of sp³-hybridized carbons (Fsp3) is 0.455. The van der Waals surface area contributed by atoms with Crippen LogP contribution in [0.4, 0.5) is 4.39 Å². The van der Waals surface area contributed by atoms with Crippen molar-refractivity contribution in [1.29, 1.82) is 0 Å². The van der Waals surface area contributed by atoms with E-state index in [1.165, 1.54) is 18.2 Å². The lowest BCUT2D eigenvalue weighted by atomic mass is 10.1. The SMILES string of the molecule is C[C@H](N)c1ccc(F)cc1OCCS(C)(=O)=O. The second kappa shape index (κ2) is 5.46. The highest BCUT2D eigenvalue weighted by Crippen LogP contribution is 2.24. The first-order chi connectivity index (χ1) is 7.79. The van der Waals surface area contributed by atoms with Crippen LogP contribution < -0.4 is 10.5 Å². The zero-order valence-corrected chi connectivity index (χ0v) is 10.6. The fourth-order valence-electron chi connectivity index (χ4n) is 1.31. The molecule has 0 saturated heterocycles. The summed E-state index contributed by atoms with van der Waals surface area (Å²) < 4.78 is 40.1. The molecule has 6 heteroatoms. The van der Waals surface area contributed by atoms with Crippen LogP contribution >= 0.6 is 0 Å². The van der Waals surface area contributed by atoms with Gasteiger partial charge in [0.2, 0.25) is 0 Å². The van der Waals surface area contributed by atoms with Crippen LogP contribution in [0.15, 0.2) is 18.2 Å². The van der Waals surface area contributed by atoms with E-state index in [0.29, 0.717) is 11.3 Å². The van der Waals surface area contributed by atoms with Gasteiger partial charge in [0.15, 0.2) is 9.84 Å². The lowest BCUT2D eigenvalue weighted by Crippen LogP contribution is -2.14. The largest absolute Gasteiger partial charge is 0.492 e. The summed E-state index contributed by atoms with van der Waals surface area (Å²) in [5.74, 6) is -0.255. The highest BCUT2D eigenvalue weighted by Gasteiger charge is 2.10. The van der Waals surface area contributed by atoms with Gasteiger partial charge in [-0.15, -0.1) is 0 Å². The third-order valence-electron chi connectivity index (χ3n) is 2.18. The summed E-state index contributed by atoms with van der Waals surface area (Å²) in [6, 6.07) is 3.74. The Kier molecular flexibility index (Phi) is 4.47. The minimum atomic E-state index is -3.09. The van der Waals surface area contributed by atoms with Crippen molar-refractivity contribution in [2.75, 3.05) is 18.6 Å². The number of hydrogen-bond acceptors (Lipinski definition) is 4. The highest BCUT2D eigenvalue weighted by molar-refractivity contribution is 7.90. The molecule has 96 valence electrons. The molecule has 1 atom stereocenters. The Bertz CT molecular complexity index is 485. The molecule has 0 spiro atoms. The van der Waals surface area contributed by atoms with Crippen LogP contribution in [0.3, 0.4) is 0 Å². The zero-order valence-electron chi connectivity index (χ0n) is 9.81. The Labute approximate surface area is 101 Å². The van der Waals surface area contributed by atoms with Crippen molar-refractivity contribution in [2.45, 2.75) is 13.0 Å². The van der Waals surface area contributed by atoms with E-state index < -0.39 is 15.7 Å². The number of halogens is 1. The van der Waals surface area contributed by atoms with Crippen molar-refractivity contribution in [3.05, 3.63) is 29.6 Å². The number of benzene rings is 1. The minimum Gasteiger partial charge on any atom is -0.492 e. The van der Waals surface area contributed by atoms with Gasteiger partial charge in [-0.05, 0) is 13.0 Å². The van der Waals surface area contributed by atoms with E-state index in [1.807, 2.05) is 0 Å². The average molecular weight is 261 g/mol. The van der Waals surface area contributed by atoms with Crippen LogP contribution in [-0.2, 0) is 9.84 Å². The molecule has 1 aromatic carbocycles. The maximum atomic E-state index is 13.0. The maximum Gasteiger partial charge on any atom is 0.150 e. The molecule has 1 aromatic rings. The molecular weight excluding hydrogens is 245 g/mol. The van der Waals surface area contributed by atoms with Crippen LogP contribution in [0, 0.1) is 5.82 Å². The van der Waals surface area contributed by atoms with Crippen molar-refractivity contribution in [2.24, 2.45) is 5.73 Å². The molecule has 0 aliphatic carbocycles. The van der Waals surface area contributed by atoms with Gasteiger partial charge < -0.3 is 10.5 Å². The van der Waals surface area contributed by atoms with Crippen molar-refractivity contribution in [1.82, 2.24) is 0 Å². The lowest BCUT2D eigenvalue weighted by Gasteiger charge is -2.13. The van der Waals surface area contributed by atoms with Gasteiger partial charge in [0.1, 0.15) is 18.2 Å². The number of sulfone groups is 1. The predicted octanol–water partition coefficient (Wildman–Crippen LogP) is 1.27. The molecule has 0 amide bonds. The summed E-state index contributed by atoms with van der Waals surface area (Å²) in [6.45, 7) is 1.73. The zero-order chi connectivity index (χ0) is 13.1. The number of hydrogen-bond donors (Lipinski definition) is 1. The third kappa shape index (κ3) is 4.70. The average Bonchev–Trinajstić information content (AvgIpc) is 2.15. The molecule has 0 bridgehead atoms. The molecule has 0 fully saturated rings. The Hall–Kier alpha value is -1.14. The minimum absolute atomic E-state index is 0.0119. The number of nitrogens with two attached hydrogens (primary N) is 1. The van der Waals surface area contributed by atoms with Crippen molar-refractivity contribution >= 4 is 9.84 Å². The third-order valence-corrected chi connectivity index (χ3v) is 3.09. The van der Waals surface area contributed by atoms with E-state index >= 15 is 0 Å². The van der Waals surface area contributed by atoms with Crippen LogP contribution in [0.5, 0.6) is 5.75 Å². The van der Waals surface area contributed by atoms with Gasteiger partial charge in [0.25, 0.3) is 0 Å². The molecule has 0 aliphatic heterocycles. The van der Waals surface area contributed by atoms with Gasteiger partial charge in [-0.3, -0.25) is 0 Å². The normalized spacial score (nSPS) is 13.4. The van der Waals surface area contributed by atoms with Crippen molar-refractivity contribution in [3.63, 3.8) is 0 Å². The quantitative estimate of drug-likeness (QED) is 0.866. The molecule has 17 heavy (non-hydrogen) atoms. The smallest absolute Gasteiger partial charge is 0.150 e. The molecule has 1 rings (SSSR count). The molecular formula is C11H16FNO3S. The summed E-state index contributed by atoms with van der Waals surface area (Å²) in [5, 5.41) is 0. The molecule has 0 unspecified atom stereocenters. The maximum absolute atomic E-state index is 13.0. The molecule has 0 aromatic heterocycles. The second-order valence-corrected chi connectivity index (χ2v) is 6.21. The first-order valence-electron chi connectivity index (χ1n) is 5.15. The monoisotopic (exact) mass is 261 g/mol. The van der Waals surface area contributed by atoms with E-state index in [1.54, 1.807) is 6.92 Å². The molecule has 0 aliphatic rings. The summed E-state index contributed by atoms with van der Waals surface area (Å²) in [4.78, 5) is 0. The van der Waals surface area contributed by atoms with Gasteiger partial charge in [-0.2, -0.15) is 0 Å². The second-order valence-electron chi connectivity index (χ2n) is 3.95. The van der Waals surface area contributed by atoms with Gasteiger partial charge in [-0.1, -0.05) is 6.07 Å². The summed E-state index contributed by atoms with van der Waals surface area (Å²) in [5.41, 5.74) is 6.35. The fourth-order valence-corrected chi connectivity index (χ4v) is 1.70. The Morgan fingerprint density at radius 1 is 1.47 bits per heavy atom. The molecule has 0 saturated carbocycles. The Morgan fingerprint density at radius 2 is 2.12 bits per heavy atom. The van der Waals surface area contributed by atoms with Gasteiger partial charge in [0, 0.05) is 23.9 Å². The Morgan fingerprint density at radius 3 is 2.65 bits per heavy atom. The van der Waals surface area contributed by atoms with E-state index in [9.17, 15) is 12.8 Å². The van der Waals surface area contributed by atoms with E-state index in [2.05, 4.69) is 0 Å². The molecule has 0 heterocycles. The summed E-state index contributed by atoms with van der Waals surface area (Å²) >= 11 is 0. The van der Waals surface area contributed by atoms with Crippen LogP contribution in [-0.4, -0.2) is 27.0 Å². The number of rotatable bonds is 5. The van der Waals surface area contributed by atoms with Crippen molar-refractivity contribution < 1.29 is 17.5 Å². The summed E-state index contributed by atoms with van der Waals surface area (Å²) in [6.07, 6.45) is 1.12. The first kappa shape index (κ1) is 13.9. The van der Waals surface area contributed by atoms with Crippen molar-refractivity contribution in [3.8, 4) is 5.75 Å². The first-order valence-corrected chi connectivity index (χ1v) is 7.21. The highest BCUT2D eigenvalue weighted by atomic mass is 32.2. The van der Waals surface area contributed by atoms with E-state index in [-0.39, 0.29) is 18.4 Å². The van der Waals surface area contributed by atoms with Crippen LogP contribution in [0.25, 0.3) is 0 Å². The van der Waals surface area contributed by atoms with Crippen LogP contribution in [0.1, 0.15) is 18.5 Å². The predicted molar refractivity (Wildman–Crippen MR) is 64.2 cm³/mol. The summed E-state index contributed by atoms with van der Waals surface area (Å²) in [7, 11) is -3.09. The lowest BCUT2D eigenvalue weighted by molar-refractivity contribution is 0.333. The van der Waals surface area contributed by atoms with E-state index in [0.717, 1.165) is 6.26 Å². The topological polar surface area (TPSA) is 69.4 Å². The van der Waals surface area contributed by atoms with Gasteiger partial charge >= 0.3 is 0 Å². The molecule has 2 N–H and O–H groups in total. The molecule has 0 radical (unpaired) electrons.